The Bertz CT molecular complexity index is 614. The van der Waals surface area contributed by atoms with Gasteiger partial charge in [-0.2, -0.15) is 4.31 Å². The molecule has 118 valence electrons. The molecule has 1 aliphatic heterocycles. The number of hydrogen-bond acceptors (Lipinski definition) is 7. The third kappa shape index (κ3) is 3.25. The fraction of sp³-hybridized carbons (Fsp3) is 0.667. The molecule has 1 atom stereocenters. The van der Waals surface area contributed by atoms with Crippen molar-refractivity contribution < 1.29 is 17.9 Å². The van der Waals surface area contributed by atoms with Gasteiger partial charge in [0.2, 0.25) is 0 Å². The van der Waals surface area contributed by atoms with Crippen LogP contribution in [0.3, 0.4) is 0 Å². The predicted molar refractivity (Wildman–Crippen MR) is 78.9 cm³/mol. The molecule has 0 spiro atoms. The molecule has 2 rings (SSSR count). The molecule has 0 saturated carbocycles. The molecule has 0 aromatic carbocycles. The van der Waals surface area contributed by atoms with Gasteiger partial charge in [-0.25, -0.2) is 18.2 Å². The average molecular weight is 333 g/mol. The Kier molecular flexibility index (Phi) is 4.97. The molecule has 0 N–H and O–H groups in total. The first kappa shape index (κ1) is 16.3. The average Bonchev–Trinajstić information content (AvgIpc) is 2.85. The van der Waals surface area contributed by atoms with Crippen LogP contribution in [0.15, 0.2) is 9.72 Å². The normalized spacial score (nSPS) is 22.0. The monoisotopic (exact) mass is 333 g/mol. The Morgan fingerprint density at radius 3 is 2.86 bits per heavy atom. The minimum atomic E-state index is -3.74. The topological polar surface area (TPSA) is 79.8 Å². The van der Waals surface area contributed by atoms with E-state index in [4.69, 9.17) is 0 Å². The van der Waals surface area contributed by atoms with E-state index >= 15 is 0 Å². The zero-order chi connectivity index (χ0) is 15.6. The van der Waals surface area contributed by atoms with E-state index < -0.39 is 16.0 Å². The highest BCUT2D eigenvalue weighted by Crippen LogP contribution is 2.27. The molecule has 9 heteroatoms. The molecule has 1 aliphatic rings. The van der Waals surface area contributed by atoms with Gasteiger partial charge in [0.15, 0.2) is 9.90 Å². The predicted octanol–water partition coefficient (Wildman–Crippen LogP) is 0.644. The fourth-order valence-corrected chi connectivity index (χ4v) is 5.37. The van der Waals surface area contributed by atoms with Crippen LogP contribution in [0.25, 0.3) is 0 Å². The molecular weight excluding hydrogens is 314 g/mol. The summed E-state index contributed by atoms with van der Waals surface area (Å²) < 4.78 is 31.7. The van der Waals surface area contributed by atoms with Gasteiger partial charge in [0.05, 0.1) is 12.6 Å². The summed E-state index contributed by atoms with van der Waals surface area (Å²) in [5.74, 6) is -0.727. The smallest absolute Gasteiger partial charge is 0.358 e. The van der Waals surface area contributed by atoms with Crippen molar-refractivity contribution in [3.8, 4) is 0 Å². The Balaban J connectivity index is 2.38. The van der Waals surface area contributed by atoms with Crippen molar-refractivity contribution in [1.82, 2.24) is 14.2 Å². The summed E-state index contributed by atoms with van der Waals surface area (Å²) in [6, 6.07) is -0.157. The molecule has 0 amide bonds. The maximum atomic E-state index is 12.8. The van der Waals surface area contributed by atoms with Crippen molar-refractivity contribution in [1.29, 1.82) is 0 Å². The number of sulfonamides is 1. The quantitative estimate of drug-likeness (QED) is 0.756. The van der Waals surface area contributed by atoms with Gasteiger partial charge in [-0.15, -0.1) is 11.3 Å². The van der Waals surface area contributed by atoms with Crippen LogP contribution in [0.1, 0.15) is 23.8 Å². The second-order valence-electron chi connectivity index (χ2n) is 5.06. The highest BCUT2D eigenvalue weighted by atomic mass is 32.2. The van der Waals surface area contributed by atoms with Crippen LogP contribution in [0.2, 0.25) is 0 Å². The first-order valence-corrected chi connectivity index (χ1v) is 8.92. The van der Waals surface area contributed by atoms with E-state index in [0.717, 1.165) is 24.3 Å². The van der Waals surface area contributed by atoms with Gasteiger partial charge in [0.1, 0.15) is 0 Å². The molecule has 1 aromatic heterocycles. The second kappa shape index (κ2) is 6.39. The molecule has 1 fully saturated rings. The van der Waals surface area contributed by atoms with Crippen molar-refractivity contribution in [3.05, 3.63) is 11.2 Å². The van der Waals surface area contributed by atoms with Crippen molar-refractivity contribution in [3.63, 3.8) is 0 Å². The van der Waals surface area contributed by atoms with Gasteiger partial charge in [0.25, 0.3) is 10.0 Å². The van der Waals surface area contributed by atoms with E-state index in [9.17, 15) is 13.2 Å². The zero-order valence-electron chi connectivity index (χ0n) is 12.3. The Morgan fingerprint density at radius 2 is 2.19 bits per heavy atom. The number of rotatable bonds is 3. The lowest BCUT2D eigenvalue weighted by Gasteiger charge is -2.26. The largest absolute Gasteiger partial charge is 0.464 e. The number of ether oxygens (including phenoxy) is 1. The Hall–Kier alpha value is -1.03. The summed E-state index contributed by atoms with van der Waals surface area (Å²) in [4.78, 5) is 17.6. The van der Waals surface area contributed by atoms with E-state index in [1.54, 1.807) is 0 Å². The minimum Gasteiger partial charge on any atom is -0.464 e. The van der Waals surface area contributed by atoms with Gasteiger partial charge < -0.3 is 9.64 Å². The van der Waals surface area contributed by atoms with Gasteiger partial charge in [-0.3, -0.25) is 0 Å². The number of thiazole rings is 1. The SMILES string of the molecule is COC(=O)c1ncsc1S(=O)(=O)N1CCCN(C)CC1C. The number of likely N-dealkylation sites (N-methyl/N-ethyl adjacent to an activating group) is 1. The van der Waals surface area contributed by atoms with Crippen LogP contribution in [0.5, 0.6) is 0 Å². The van der Waals surface area contributed by atoms with E-state index in [0.29, 0.717) is 13.1 Å². The number of carbonyl (C=O) groups is 1. The van der Waals surface area contributed by atoms with Gasteiger partial charge in [-0.1, -0.05) is 0 Å². The van der Waals surface area contributed by atoms with E-state index in [1.807, 2.05) is 14.0 Å². The van der Waals surface area contributed by atoms with Crippen LogP contribution < -0.4 is 0 Å². The Morgan fingerprint density at radius 1 is 1.48 bits per heavy atom. The molecule has 7 nitrogen and oxygen atoms in total. The number of methoxy groups -OCH3 is 1. The summed E-state index contributed by atoms with van der Waals surface area (Å²) in [5.41, 5.74) is 1.22. The first-order chi connectivity index (χ1) is 9.87. The van der Waals surface area contributed by atoms with Crippen molar-refractivity contribution in [2.45, 2.75) is 23.6 Å². The molecule has 0 bridgehead atoms. The maximum Gasteiger partial charge on any atom is 0.358 e. The number of nitrogens with zero attached hydrogens (tertiary/aromatic N) is 3. The molecule has 21 heavy (non-hydrogen) atoms. The van der Waals surface area contributed by atoms with Gasteiger partial charge in [-0.05, 0) is 26.9 Å². The summed E-state index contributed by atoms with van der Waals surface area (Å²) in [6.07, 6.45) is 0.756. The number of hydrogen-bond donors (Lipinski definition) is 0. The van der Waals surface area contributed by atoms with E-state index in [-0.39, 0.29) is 15.9 Å². The van der Waals surface area contributed by atoms with Crippen molar-refractivity contribution in [2.24, 2.45) is 0 Å². The van der Waals surface area contributed by atoms with Crippen molar-refractivity contribution >= 4 is 27.3 Å². The summed E-state index contributed by atoms with van der Waals surface area (Å²) in [7, 11) is -0.557. The third-order valence-electron chi connectivity index (χ3n) is 3.44. The molecule has 2 heterocycles. The lowest BCUT2D eigenvalue weighted by Crippen LogP contribution is -2.42. The minimum absolute atomic E-state index is 0.0363. The van der Waals surface area contributed by atoms with E-state index in [1.165, 1.54) is 16.9 Å². The molecular formula is C12H19N3O4S2. The number of carbonyl (C=O) groups excluding carboxylic acids is 1. The van der Waals surface area contributed by atoms with Gasteiger partial charge >= 0.3 is 5.97 Å². The molecule has 1 unspecified atom stereocenters. The van der Waals surface area contributed by atoms with Crippen LogP contribution in [-0.4, -0.2) is 68.4 Å². The number of aromatic nitrogens is 1. The first-order valence-electron chi connectivity index (χ1n) is 6.60. The standard InChI is InChI=1S/C12H19N3O4S2/c1-9-7-14(2)5-4-6-15(9)21(17,18)12-10(11(16)19-3)13-8-20-12/h8-9H,4-7H2,1-3H3. The highest BCUT2D eigenvalue weighted by Gasteiger charge is 2.36. The summed E-state index contributed by atoms with van der Waals surface area (Å²) in [5, 5.41) is 0. The third-order valence-corrected chi connectivity index (χ3v) is 6.80. The molecule has 0 radical (unpaired) electrons. The molecule has 0 aliphatic carbocycles. The molecule has 1 saturated heterocycles. The molecule has 1 aromatic rings. The highest BCUT2D eigenvalue weighted by molar-refractivity contribution is 7.91. The number of esters is 1. The van der Waals surface area contributed by atoms with Crippen LogP contribution >= 0.6 is 11.3 Å². The van der Waals surface area contributed by atoms with Gasteiger partial charge in [0, 0.05) is 19.1 Å². The van der Waals surface area contributed by atoms with E-state index in [2.05, 4.69) is 14.6 Å². The summed E-state index contributed by atoms with van der Waals surface area (Å²) in [6.45, 7) is 3.82. The Labute approximate surface area is 128 Å². The lowest BCUT2D eigenvalue weighted by molar-refractivity contribution is 0.0590. The fourth-order valence-electron chi connectivity index (χ4n) is 2.46. The van der Waals surface area contributed by atoms with Crippen LogP contribution in [0, 0.1) is 0 Å². The van der Waals surface area contributed by atoms with Crippen LogP contribution in [-0.2, 0) is 14.8 Å². The maximum absolute atomic E-state index is 12.8. The lowest BCUT2D eigenvalue weighted by atomic mass is 10.3. The van der Waals surface area contributed by atoms with Crippen molar-refractivity contribution in [2.75, 3.05) is 33.8 Å². The second-order valence-corrected chi connectivity index (χ2v) is 8.00. The summed E-state index contributed by atoms with van der Waals surface area (Å²) >= 11 is 0.948. The zero-order valence-corrected chi connectivity index (χ0v) is 13.9. The van der Waals surface area contributed by atoms with Crippen LogP contribution in [0.4, 0.5) is 0 Å².